The number of carbonyl (C=O) groups is 1. The average Bonchev–Trinajstić information content (AvgIpc) is 3.38. The standard InChI is InChI=1S/C19H18N6OS2/c1-13(18-20-15-10-6-7-11-16(15)28-18)24(2)17(26)12-27-19-21-22-23-25(19)14-8-4-3-5-9-14/h3-11,13H,12H2,1-2H3/t13-/m1/s1. The first-order valence-corrected chi connectivity index (χ1v) is 10.5. The minimum absolute atomic E-state index is 0.000585. The average molecular weight is 411 g/mol. The fourth-order valence-corrected chi connectivity index (χ4v) is 4.56. The van der Waals surface area contributed by atoms with E-state index < -0.39 is 0 Å². The lowest BCUT2D eigenvalue weighted by Gasteiger charge is -2.23. The SMILES string of the molecule is C[C@H](c1nc2ccccc2s1)N(C)C(=O)CSc1nnnn1-c1ccccc1. The molecule has 0 N–H and O–H groups in total. The molecule has 0 bridgehead atoms. The second kappa shape index (κ2) is 8.07. The van der Waals surface area contributed by atoms with Gasteiger partial charge in [-0.3, -0.25) is 4.79 Å². The lowest BCUT2D eigenvalue weighted by atomic mass is 10.3. The van der Waals surface area contributed by atoms with E-state index in [1.54, 1.807) is 28.0 Å². The van der Waals surface area contributed by atoms with Crippen molar-refractivity contribution in [3.05, 3.63) is 59.6 Å². The van der Waals surface area contributed by atoms with E-state index in [2.05, 4.69) is 20.5 Å². The van der Waals surface area contributed by atoms with Crippen molar-refractivity contribution in [2.45, 2.75) is 18.1 Å². The zero-order valence-corrected chi connectivity index (χ0v) is 17.0. The predicted octanol–water partition coefficient (Wildman–Crippen LogP) is 3.58. The lowest BCUT2D eigenvalue weighted by molar-refractivity contribution is -0.128. The van der Waals surface area contributed by atoms with Gasteiger partial charge in [0, 0.05) is 7.05 Å². The molecular weight excluding hydrogens is 392 g/mol. The summed E-state index contributed by atoms with van der Waals surface area (Å²) in [5.41, 5.74) is 1.82. The summed E-state index contributed by atoms with van der Waals surface area (Å²) in [4.78, 5) is 19.1. The summed E-state index contributed by atoms with van der Waals surface area (Å²) >= 11 is 2.94. The molecule has 1 atom stereocenters. The Hall–Kier alpha value is -2.78. The molecule has 2 heterocycles. The Morgan fingerprint density at radius 3 is 2.71 bits per heavy atom. The summed E-state index contributed by atoms with van der Waals surface area (Å²) in [6, 6.07) is 17.5. The number of carbonyl (C=O) groups excluding carboxylic acids is 1. The minimum atomic E-state index is -0.101. The number of para-hydroxylation sites is 2. The van der Waals surface area contributed by atoms with E-state index in [0.29, 0.717) is 5.16 Å². The Labute approximate surface area is 170 Å². The summed E-state index contributed by atoms with van der Waals surface area (Å²) in [5.74, 6) is 0.248. The van der Waals surface area contributed by atoms with Crippen molar-refractivity contribution in [2.75, 3.05) is 12.8 Å². The number of nitrogens with zero attached hydrogens (tertiary/aromatic N) is 6. The largest absolute Gasteiger partial charge is 0.336 e. The molecule has 2 aromatic carbocycles. The van der Waals surface area contributed by atoms with Gasteiger partial charge in [0.1, 0.15) is 5.01 Å². The number of fused-ring (bicyclic) bond motifs is 1. The highest BCUT2D eigenvalue weighted by Gasteiger charge is 2.21. The smallest absolute Gasteiger partial charge is 0.233 e. The first-order chi connectivity index (χ1) is 13.6. The predicted molar refractivity (Wildman–Crippen MR) is 111 cm³/mol. The number of tetrazole rings is 1. The molecule has 4 rings (SSSR count). The zero-order valence-electron chi connectivity index (χ0n) is 15.4. The third-order valence-electron chi connectivity index (χ3n) is 4.41. The van der Waals surface area contributed by atoms with E-state index >= 15 is 0 Å². The maximum Gasteiger partial charge on any atom is 0.233 e. The monoisotopic (exact) mass is 410 g/mol. The second-order valence-electron chi connectivity index (χ2n) is 6.20. The van der Waals surface area contributed by atoms with Gasteiger partial charge in [-0.05, 0) is 41.6 Å². The summed E-state index contributed by atoms with van der Waals surface area (Å²) in [6.07, 6.45) is 0. The van der Waals surface area contributed by atoms with Crippen LogP contribution in [0.25, 0.3) is 15.9 Å². The fraction of sp³-hybridized carbons (Fsp3) is 0.211. The van der Waals surface area contributed by atoms with E-state index in [4.69, 9.17) is 0 Å². The molecule has 7 nitrogen and oxygen atoms in total. The van der Waals surface area contributed by atoms with Crippen LogP contribution in [-0.4, -0.2) is 48.8 Å². The fourth-order valence-electron chi connectivity index (χ4n) is 2.68. The number of rotatable bonds is 6. The number of hydrogen-bond donors (Lipinski definition) is 0. The number of benzene rings is 2. The lowest BCUT2D eigenvalue weighted by Crippen LogP contribution is -2.31. The molecule has 0 unspecified atom stereocenters. The molecule has 28 heavy (non-hydrogen) atoms. The van der Waals surface area contributed by atoms with Crippen LogP contribution in [0.1, 0.15) is 18.0 Å². The molecule has 0 fully saturated rings. The number of hydrogen-bond acceptors (Lipinski definition) is 7. The highest BCUT2D eigenvalue weighted by molar-refractivity contribution is 7.99. The molecule has 1 amide bonds. The topological polar surface area (TPSA) is 76.8 Å². The second-order valence-corrected chi connectivity index (χ2v) is 8.20. The minimum Gasteiger partial charge on any atom is -0.336 e. The van der Waals surface area contributed by atoms with E-state index in [1.165, 1.54) is 11.8 Å². The first-order valence-electron chi connectivity index (χ1n) is 8.71. The van der Waals surface area contributed by atoms with Crippen molar-refractivity contribution in [1.29, 1.82) is 0 Å². The molecule has 2 aromatic heterocycles. The third kappa shape index (κ3) is 3.76. The zero-order chi connectivity index (χ0) is 19.5. The summed E-state index contributed by atoms with van der Waals surface area (Å²) in [6.45, 7) is 1.99. The number of thiazole rings is 1. The van der Waals surface area contributed by atoms with Crippen molar-refractivity contribution in [2.24, 2.45) is 0 Å². The maximum atomic E-state index is 12.7. The molecule has 0 aliphatic heterocycles. The van der Waals surface area contributed by atoms with Gasteiger partial charge < -0.3 is 4.90 Å². The van der Waals surface area contributed by atoms with Crippen LogP contribution >= 0.6 is 23.1 Å². The van der Waals surface area contributed by atoms with Crippen LogP contribution in [0, 0.1) is 0 Å². The molecule has 0 radical (unpaired) electrons. The van der Waals surface area contributed by atoms with Gasteiger partial charge in [-0.1, -0.05) is 42.1 Å². The molecule has 0 saturated carbocycles. The Morgan fingerprint density at radius 1 is 1.18 bits per heavy atom. The molecule has 0 aliphatic carbocycles. The number of aromatic nitrogens is 5. The maximum absolute atomic E-state index is 12.7. The van der Waals surface area contributed by atoms with Crippen LogP contribution < -0.4 is 0 Å². The molecule has 0 saturated heterocycles. The molecule has 0 spiro atoms. The molecule has 142 valence electrons. The Balaban J connectivity index is 1.43. The highest BCUT2D eigenvalue weighted by atomic mass is 32.2. The van der Waals surface area contributed by atoms with Gasteiger partial charge in [0.05, 0.1) is 27.7 Å². The molecule has 4 aromatic rings. The third-order valence-corrected chi connectivity index (χ3v) is 6.52. The van der Waals surface area contributed by atoms with E-state index in [-0.39, 0.29) is 17.7 Å². The van der Waals surface area contributed by atoms with Crippen molar-refractivity contribution in [3.8, 4) is 5.69 Å². The Morgan fingerprint density at radius 2 is 1.93 bits per heavy atom. The summed E-state index contributed by atoms with van der Waals surface area (Å²) < 4.78 is 2.76. The molecule has 0 aliphatic rings. The van der Waals surface area contributed by atoms with Crippen LogP contribution in [-0.2, 0) is 4.79 Å². The van der Waals surface area contributed by atoms with Crippen molar-refractivity contribution >= 4 is 39.2 Å². The Kier molecular flexibility index (Phi) is 5.36. The van der Waals surface area contributed by atoms with E-state index in [0.717, 1.165) is 20.9 Å². The van der Waals surface area contributed by atoms with Gasteiger partial charge in [0.15, 0.2) is 0 Å². The van der Waals surface area contributed by atoms with E-state index in [1.807, 2.05) is 61.5 Å². The molecule has 9 heteroatoms. The van der Waals surface area contributed by atoms with Crippen molar-refractivity contribution in [3.63, 3.8) is 0 Å². The first kappa shape index (κ1) is 18.6. The molecular formula is C19H18N6OS2. The number of thioether (sulfide) groups is 1. The summed E-state index contributed by atoms with van der Waals surface area (Å²) in [5, 5.41) is 13.3. The highest BCUT2D eigenvalue weighted by Crippen LogP contribution is 2.29. The van der Waals surface area contributed by atoms with Crippen molar-refractivity contribution < 1.29 is 4.79 Å². The summed E-state index contributed by atoms with van der Waals surface area (Å²) in [7, 11) is 1.81. The van der Waals surface area contributed by atoms with E-state index in [9.17, 15) is 4.79 Å². The van der Waals surface area contributed by atoms with Gasteiger partial charge in [0.25, 0.3) is 0 Å². The van der Waals surface area contributed by atoms with Gasteiger partial charge in [-0.2, -0.15) is 4.68 Å². The van der Waals surface area contributed by atoms with Crippen molar-refractivity contribution in [1.82, 2.24) is 30.1 Å². The van der Waals surface area contributed by atoms with Gasteiger partial charge >= 0.3 is 0 Å². The van der Waals surface area contributed by atoms with Crippen LogP contribution in [0.3, 0.4) is 0 Å². The Bertz CT molecular complexity index is 1060. The van der Waals surface area contributed by atoms with Gasteiger partial charge in [0.2, 0.25) is 11.1 Å². The quantitative estimate of drug-likeness (QED) is 0.452. The van der Waals surface area contributed by atoms with Gasteiger partial charge in [-0.15, -0.1) is 16.4 Å². The normalized spacial score (nSPS) is 12.2. The van der Waals surface area contributed by atoms with Crippen LogP contribution in [0.15, 0.2) is 59.8 Å². The number of amides is 1. The van der Waals surface area contributed by atoms with Crippen LogP contribution in [0.4, 0.5) is 0 Å². The van der Waals surface area contributed by atoms with Crippen LogP contribution in [0.5, 0.6) is 0 Å². The van der Waals surface area contributed by atoms with Gasteiger partial charge in [-0.25, -0.2) is 4.98 Å². The van der Waals surface area contributed by atoms with Crippen LogP contribution in [0.2, 0.25) is 0 Å².